The number of amides is 2. The summed E-state index contributed by atoms with van der Waals surface area (Å²) in [5.74, 6) is 1.11. The molecule has 21 heavy (non-hydrogen) atoms. The van der Waals surface area contributed by atoms with Crippen molar-refractivity contribution < 1.29 is 9.59 Å². The third-order valence-corrected chi connectivity index (χ3v) is 4.70. The summed E-state index contributed by atoms with van der Waals surface area (Å²) >= 11 is 0. The topological polar surface area (TPSA) is 49.4 Å². The van der Waals surface area contributed by atoms with Gasteiger partial charge in [0.05, 0.1) is 0 Å². The highest BCUT2D eigenvalue weighted by Gasteiger charge is 2.43. The van der Waals surface area contributed by atoms with E-state index in [1.165, 1.54) is 12.8 Å². The summed E-state index contributed by atoms with van der Waals surface area (Å²) in [6.07, 6.45) is 3.39. The molecule has 0 spiro atoms. The molecular formula is C17H22N2O2. The zero-order chi connectivity index (χ0) is 15.1. The molecule has 2 atom stereocenters. The number of anilines is 1. The van der Waals surface area contributed by atoms with Gasteiger partial charge < -0.3 is 10.2 Å². The maximum Gasteiger partial charge on any atom is 0.251 e. The number of fused-ring (bicyclic) bond motifs is 1. The second-order valence-corrected chi connectivity index (χ2v) is 6.32. The molecule has 112 valence electrons. The van der Waals surface area contributed by atoms with E-state index in [1.54, 1.807) is 14.0 Å². The Morgan fingerprint density at radius 2 is 2.00 bits per heavy atom. The normalized spacial score (nSPS) is 24.4. The Bertz CT molecular complexity index is 592. The Morgan fingerprint density at radius 3 is 2.57 bits per heavy atom. The summed E-state index contributed by atoms with van der Waals surface area (Å²) in [7, 11) is 1.63. The first-order valence-corrected chi connectivity index (χ1v) is 7.67. The van der Waals surface area contributed by atoms with E-state index in [2.05, 4.69) is 12.2 Å². The molecule has 1 fully saturated rings. The fraction of sp³-hybridized carbons (Fsp3) is 0.529. The number of carbonyl (C=O) groups excluding carboxylic acids is 2. The van der Waals surface area contributed by atoms with Gasteiger partial charge in [-0.2, -0.15) is 0 Å². The highest BCUT2D eigenvalue weighted by atomic mass is 16.2. The van der Waals surface area contributed by atoms with Crippen LogP contribution < -0.4 is 10.2 Å². The number of benzene rings is 1. The Labute approximate surface area is 125 Å². The van der Waals surface area contributed by atoms with Gasteiger partial charge in [0.25, 0.3) is 5.91 Å². The Kier molecular flexibility index (Phi) is 3.47. The van der Waals surface area contributed by atoms with Crippen molar-refractivity contribution in [1.29, 1.82) is 0 Å². The van der Waals surface area contributed by atoms with E-state index in [4.69, 9.17) is 0 Å². The number of nitrogens with zero attached hydrogens (tertiary/aromatic N) is 1. The van der Waals surface area contributed by atoms with Crippen LogP contribution in [-0.2, 0) is 11.2 Å². The molecule has 4 nitrogen and oxygen atoms in total. The van der Waals surface area contributed by atoms with Crippen molar-refractivity contribution in [2.45, 2.75) is 39.2 Å². The molecule has 1 saturated carbocycles. The van der Waals surface area contributed by atoms with Gasteiger partial charge >= 0.3 is 0 Å². The minimum atomic E-state index is -0.0795. The van der Waals surface area contributed by atoms with Crippen LogP contribution in [0.4, 0.5) is 5.69 Å². The second kappa shape index (κ2) is 5.17. The number of hydrogen-bond acceptors (Lipinski definition) is 2. The molecule has 1 aliphatic carbocycles. The van der Waals surface area contributed by atoms with E-state index < -0.39 is 0 Å². The molecule has 1 heterocycles. The highest BCUT2D eigenvalue weighted by molar-refractivity contribution is 5.97. The average Bonchev–Trinajstić information content (AvgIpc) is 3.28. The molecule has 0 bridgehead atoms. The predicted molar refractivity (Wildman–Crippen MR) is 82.4 cm³/mol. The molecule has 0 saturated heterocycles. The summed E-state index contributed by atoms with van der Waals surface area (Å²) in [6.45, 7) is 3.86. The summed E-state index contributed by atoms with van der Waals surface area (Å²) in [5.41, 5.74) is 2.76. The van der Waals surface area contributed by atoms with Crippen molar-refractivity contribution in [3.63, 3.8) is 0 Å². The third kappa shape index (κ3) is 2.43. The zero-order valence-electron chi connectivity index (χ0n) is 12.8. The lowest BCUT2D eigenvalue weighted by Gasteiger charge is -2.41. The molecule has 0 aromatic heterocycles. The smallest absolute Gasteiger partial charge is 0.251 e. The Morgan fingerprint density at radius 1 is 1.29 bits per heavy atom. The van der Waals surface area contributed by atoms with Gasteiger partial charge in [-0.25, -0.2) is 0 Å². The maximum absolute atomic E-state index is 12.2. The summed E-state index contributed by atoms with van der Waals surface area (Å²) in [5, 5.41) is 2.65. The van der Waals surface area contributed by atoms with Gasteiger partial charge in [0.15, 0.2) is 0 Å². The monoisotopic (exact) mass is 286 g/mol. The second-order valence-electron chi connectivity index (χ2n) is 6.32. The van der Waals surface area contributed by atoms with E-state index in [1.807, 2.05) is 23.1 Å². The summed E-state index contributed by atoms with van der Waals surface area (Å²) < 4.78 is 0. The molecule has 1 aromatic carbocycles. The van der Waals surface area contributed by atoms with Crippen LogP contribution in [0, 0.1) is 11.8 Å². The molecular weight excluding hydrogens is 264 g/mol. The van der Waals surface area contributed by atoms with Crippen molar-refractivity contribution in [3.05, 3.63) is 29.3 Å². The Balaban J connectivity index is 2.03. The van der Waals surface area contributed by atoms with Crippen molar-refractivity contribution in [1.82, 2.24) is 5.32 Å². The van der Waals surface area contributed by atoms with Crippen molar-refractivity contribution in [3.8, 4) is 0 Å². The van der Waals surface area contributed by atoms with Crippen LogP contribution >= 0.6 is 0 Å². The van der Waals surface area contributed by atoms with Crippen LogP contribution in [0.2, 0.25) is 0 Å². The summed E-state index contributed by atoms with van der Waals surface area (Å²) in [4.78, 5) is 25.9. The lowest BCUT2D eigenvalue weighted by molar-refractivity contribution is -0.117. The lowest BCUT2D eigenvalue weighted by atomic mass is 9.83. The van der Waals surface area contributed by atoms with Gasteiger partial charge in [-0.15, -0.1) is 0 Å². The first-order valence-electron chi connectivity index (χ1n) is 7.67. The first-order chi connectivity index (χ1) is 10.0. The molecule has 4 heteroatoms. The zero-order valence-corrected chi connectivity index (χ0v) is 12.8. The Hall–Kier alpha value is -1.84. The summed E-state index contributed by atoms with van der Waals surface area (Å²) in [6, 6.07) is 6.00. The van der Waals surface area contributed by atoms with Gasteiger partial charge in [0.2, 0.25) is 5.91 Å². The van der Waals surface area contributed by atoms with Crippen LogP contribution in [0.15, 0.2) is 18.2 Å². The number of carbonyl (C=O) groups is 2. The minimum absolute atomic E-state index is 0.0795. The first kappa shape index (κ1) is 14.1. The van der Waals surface area contributed by atoms with Gasteiger partial charge in [0, 0.05) is 31.3 Å². The van der Waals surface area contributed by atoms with Crippen molar-refractivity contribution >= 4 is 17.5 Å². The van der Waals surface area contributed by atoms with Crippen LogP contribution in [0.25, 0.3) is 0 Å². The van der Waals surface area contributed by atoms with E-state index >= 15 is 0 Å². The fourth-order valence-electron chi connectivity index (χ4n) is 3.65. The number of rotatable bonds is 2. The number of hydrogen-bond donors (Lipinski definition) is 1. The third-order valence-electron chi connectivity index (χ3n) is 4.70. The van der Waals surface area contributed by atoms with Gasteiger partial charge in [-0.3, -0.25) is 9.59 Å². The van der Waals surface area contributed by atoms with Gasteiger partial charge in [0.1, 0.15) is 0 Å². The molecule has 2 amide bonds. The number of nitrogens with one attached hydrogen (secondary N) is 1. The minimum Gasteiger partial charge on any atom is -0.355 e. The molecule has 1 aromatic rings. The molecule has 1 aliphatic heterocycles. The van der Waals surface area contributed by atoms with E-state index in [0.29, 0.717) is 23.4 Å². The van der Waals surface area contributed by atoms with Crippen LogP contribution in [0.3, 0.4) is 0 Å². The van der Waals surface area contributed by atoms with Crippen LogP contribution in [-0.4, -0.2) is 24.9 Å². The SMILES string of the molecule is CNC(=O)c1ccc2c(c1)C[C@@H](C)[C@H](C1CC1)N2C(C)=O. The molecule has 0 radical (unpaired) electrons. The average molecular weight is 286 g/mol. The molecule has 3 rings (SSSR count). The largest absolute Gasteiger partial charge is 0.355 e. The maximum atomic E-state index is 12.2. The van der Waals surface area contributed by atoms with E-state index in [0.717, 1.165) is 17.7 Å². The van der Waals surface area contributed by atoms with Gasteiger partial charge in [-0.05, 0) is 54.9 Å². The quantitative estimate of drug-likeness (QED) is 0.907. The molecule has 2 aliphatic rings. The van der Waals surface area contributed by atoms with Gasteiger partial charge in [-0.1, -0.05) is 6.92 Å². The highest BCUT2D eigenvalue weighted by Crippen LogP contribution is 2.45. The standard InChI is InChI=1S/C17H22N2O2/c1-10-8-14-9-13(17(21)18-3)6-7-15(14)19(11(2)20)16(10)12-4-5-12/h6-7,9-10,12,16H,4-5,8H2,1-3H3,(H,18,21)/t10-,16-/m1/s1. The van der Waals surface area contributed by atoms with E-state index in [-0.39, 0.29) is 11.8 Å². The van der Waals surface area contributed by atoms with Crippen LogP contribution in [0.1, 0.15) is 42.6 Å². The van der Waals surface area contributed by atoms with E-state index in [9.17, 15) is 9.59 Å². The lowest BCUT2D eigenvalue weighted by Crippen LogP contribution is -2.48. The fourth-order valence-corrected chi connectivity index (χ4v) is 3.65. The molecule has 1 N–H and O–H groups in total. The van der Waals surface area contributed by atoms with Crippen molar-refractivity contribution in [2.24, 2.45) is 11.8 Å². The van der Waals surface area contributed by atoms with Crippen LogP contribution in [0.5, 0.6) is 0 Å². The predicted octanol–water partition coefficient (Wildman–Crippen LogP) is 2.37. The molecule has 0 unspecified atom stereocenters. The van der Waals surface area contributed by atoms with Crippen molar-refractivity contribution in [2.75, 3.05) is 11.9 Å².